The van der Waals surface area contributed by atoms with E-state index in [1.165, 1.54) is 0 Å². The third-order valence-electron chi connectivity index (χ3n) is 4.07. The third-order valence-corrected chi connectivity index (χ3v) is 4.07. The number of amides is 1. The predicted molar refractivity (Wildman–Crippen MR) is 102 cm³/mol. The number of benzene rings is 2. The Morgan fingerprint density at radius 2 is 1.76 bits per heavy atom. The Kier molecular flexibility index (Phi) is 6.28. The number of nitrogens with zero attached hydrogens (tertiary/aromatic N) is 1. The molecule has 2 aromatic carbocycles. The van der Waals surface area contributed by atoms with Crippen LogP contribution in [0.15, 0.2) is 42.5 Å². The average molecular weight is 342 g/mol. The van der Waals surface area contributed by atoms with E-state index in [9.17, 15) is 4.79 Å². The summed E-state index contributed by atoms with van der Waals surface area (Å²) in [4.78, 5) is 14.9. The lowest BCUT2D eigenvalue weighted by Gasteiger charge is -2.27. The van der Waals surface area contributed by atoms with Gasteiger partial charge in [-0.1, -0.05) is 0 Å². The van der Waals surface area contributed by atoms with Crippen molar-refractivity contribution in [3.63, 3.8) is 0 Å². The summed E-state index contributed by atoms with van der Waals surface area (Å²) in [6.45, 7) is 7.39. The average Bonchev–Trinajstić information content (AvgIpc) is 2.62. The van der Waals surface area contributed by atoms with Gasteiger partial charge in [-0.25, -0.2) is 0 Å². The predicted octanol–water partition coefficient (Wildman–Crippen LogP) is 4.19. The minimum Gasteiger partial charge on any atom is -0.497 e. The van der Waals surface area contributed by atoms with Crippen LogP contribution in [0.5, 0.6) is 11.5 Å². The molecule has 0 spiro atoms. The molecule has 0 atom stereocenters. The van der Waals surface area contributed by atoms with Crippen LogP contribution in [-0.4, -0.2) is 32.7 Å². The summed E-state index contributed by atoms with van der Waals surface area (Å²) >= 11 is 0. The van der Waals surface area contributed by atoms with E-state index in [0.717, 1.165) is 17.9 Å². The van der Waals surface area contributed by atoms with Crippen molar-refractivity contribution < 1.29 is 14.3 Å². The molecule has 0 heterocycles. The first-order valence-electron chi connectivity index (χ1n) is 8.40. The molecule has 2 rings (SSSR count). The highest BCUT2D eigenvalue weighted by Gasteiger charge is 2.14. The minimum atomic E-state index is -0.236. The zero-order valence-corrected chi connectivity index (χ0v) is 15.5. The van der Waals surface area contributed by atoms with E-state index in [0.29, 0.717) is 23.1 Å². The molecule has 0 fully saturated rings. The lowest BCUT2D eigenvalue weighted by molar-refractivity contribution is 0.102. The largest absolute Gasteiger partial charge is 0.497 e. The first-order valence-corrected chi connectivity index (χ1v) is 8.40. The van der Waals surface area contributed by atoms with Gasteiger partial charge in [0.05, 0.1) is 19.8 Å². The Morgan fingerprint density at radius 3 is 2.28 bits per heavy atom. The Morgan fingerprint density at radius 1 is 1.08 bits per heavy atom. The highest BCUT2D eigenvalue weighted by molar-refractivity contribution is 6.06. The molecule has 0 saturated carbocycles. The molecule has 5 heteroatoms. The molecule has 0 aliphatic carbocycles. The zero-order valence-electron chi connectivity index (χ0n) is 15.5. The van der Waals surface area contributed by atoms with Gasteiger partial charge < -0.3 is 19.7 Å². The number of carbonyl (C=O) groups is 1. The van der Waals surface area contributed by atoms with Crippen LogP contribution in [0.25, 0.3) is 0 Å². The SMILES string of the molecule is CCN(c1ccc(NC(=O)c2cc(OC)ccc2OC)cc1)C(C)C. The lowest BCUT2D eigenvalue weighted by atomic mass is 10.1. The van der Waals surface area contributed by atoms with Crippen LogP contribution in [0.1, 0.15) is 31.1 Å². The quantitative estimate of drug-likeness (QED) is 0.820. The van der Waals surface area contributed by atoms with Crippen LogP contribution >= 0.6 is 0 Å². The van der Waals surface area contributed by atoms with Crippen molar-refractivity contribution in [1.29, 1.82) is 0 Å². The Bertz CT molecular complexity index is 711. The van der Waals surface area contributed by atoms with E-state index in [2.05, 4.69) is 31.0 Å². The second kappa shape index (κ2) is 8.42. The highest BCUT2D eigenvalue weighted by Crippen LogP contribution is 2.26. The van der Waals surface area contributed by atoms with Crippen molar-refractivity contribution in [3.05, 3.63) is 48.0 Å². The Hall–Kier alpha value is -2.69. The molecule has 0 unspecified atom stereocenters. The molecule has 5 nitrogen and oxygen atoms in total. The zero-order chi connectivity index (χ0) is 18.4. The molecule has 1 amide bonds. The summed E-state index contributed by atoms with van der Waals surface area (Å²) in [5.41, 5.74) is 2.30. The van der Waals surface area contributed by atoms with Gasteiger partial charge in [-0.2, -0.15) is 0 Å². The molecule has 1 N–H and O–H groups in total. The number of hydrogen-bond acceptors (Lipinski definition) is 4. The number of hydrogen-bond donors (Lipinski definition) is 1. The van der Waals surface area contributed by atoms with Crippen LogP contribution in [0.3, 0.4) is 0 Å². The summed E-state index contributed by atoms with van der Waals surface area (Å²) in [5, 5.41) is 2.90. The van der Waals surface area contributed by atoms with Crippen LogP contribution in [0.4, 0.5) is 11.4 Å². The molecular formula is C20H26N2O3. The maximum atomic E-state index is 12.6. The van der Waals surface area contributed by atoms with E-state index in [1.54, 1.807) is 32.4 Å². The summed E-state index contributed by atoms with van der Waals surface area (Å²) in [6, 6.07) is 13.4. The minimum absolute atomic E-state index is 0.236. The summed E-state index contributed by atoms with van der Waals surface area (Å²) in [6.07, 6.45) is 0. The van der Waals surface area contributed by atoms with Crippen molar-refractivity contribution in [1.82, 2.24) is 0 Å². The van der Waals surface area contributed by atoms with Gasteiger partial charge in [-0.05, 0) is 63.2 Å². The van der Waals surface area contributed by atoms with Gasteiger partial charge in [0.15, 0.2) is 0 Å². The van der Waals surface area contributed by atoms with E-state index in [4.69, 9.17) is 9.47 Å². The highest BCUT2D eigenvalue weighted by atomic mass is 16.5. The molecular weight excluding hydrogens is 316 g/mol. The third kappa shape index (κ3) is 4.44. The van der Waals surface area contributed by atoms with Crippen molar-refractivity contribution in [3.8, 4) is 11.5 Å². The number of ether oxygens (including phenoxy) is 2. The standard InChI is InChI=1S/C20H26N2O3/c1-6-22(14(2)3)16-9-7-15(8-10-16)21-20(23)18-13-17(24-4)11-12-19(18)25-5/h7-14H,6H2,1-5H3,(H,21,23). The smallest absolute Gasteiger partial charge is 0.259 e. The topological polar surface area (TPSA) is 50.8 Å². The van der Waals surface area contributed by atoms with Crippen molar-refractivity contribution in [2.45, 2.75) is 26.8 Å². The molecule has 0 bridgehead atoms. The maximum absolute atomic E-state index is 12.6. The number of carbonyl (C=O) groups excluding carboxylic acids is 1. The molecule has 0 radical (unpaired) electrons. The van der Waals surface area contributed by atoms with Gasteiger partial charge in [-0.15, -0.1) is 0 Å². The Balaban J connectivity index is 2.18. The first kappa shape index (κ1) is 18.6. The van der Waals surface area contributed by atoms with Gasteiger partial charge >= 0.3 is 0 Å². The number of anilines is 2. The number of methoxy groups -OCH3 is 2. The van der Waals surface area contributed by atoms with Gasteiger partial charge in [0.1, 0.15) is 11.5 Å². The van der Waals surface area contributed by atoms with Gasteiger partial charge in [0.2, 0.25) is 0 Å². The van der Waals surface area contributed by atoms with Crippen LogP contribution in [0.2, 0.25) is 0 Å². The van der Waals surface area contributed by atoms with Gasteiger partial charge in [0.25, 0.3) is 5.91 Å². The van der Waals surface area contributed by atoms with Crippen molar-refractivity contribution in [2.75, 3.05) is 31.0 Å². The molecule has 0 aromatic heterocycles. The van der Waals surface area contributed by atoms with Crippen LogP contribution < -0.4 is 19.7 Å². The fraction of sp³-hybridized carbons (Fsp3) is 0.350. The Labute approximate surface area is 149 Å². The van der Waals surface area contributed by atoms with Gasteiger partial charge in [0, 0.05) is 24.0 Å². The summed E-state index contributed by atoms with van der Waals surface area (Å²) in [5.74, 6) is 0.878. The van der Waals surface area contributed by atoms with Crippen LogP contribution in [0, 0.1) is 0 Å². The summed E-state index contributed by atoms with van der Waals surface area (Å²) < 4.78 is 10.5. The first-order chi connectivity index (χ1) is 12.0. The number of nitrogens with one attached hydrogen (secondary N) is 1. The van der Waals surface area contributed by atoms with Gasteiger partial charge in [-0.3, -0.25) is 4.79 Å². The maximum Gasteiger partial charge on any atom is 0.259 e. The lowest BCUT2D eigenvalue weighted by Crippen LogP contribution is -2.30. The number of rotatable bonds is 7. The fourth-order valence-corrected chi connectivity index (χ4v) is 2.77. The summed E-state index contributed by atoms with van der Waals surface area (Å²) in [7, 11) is 3.11. The normalized spacial score (nSPS) is 10.5. The van der Waals surface area contributed by atoms with E-state index < -0.39 is 0 Å². The molecule has 134 valence electrons. The monoisotopic (exact) mass is 342 g/mol. The van der Waals surface area contributed by atoms with Crippen molar-refractivity contribution >= 4 is 17.3 Å². The molecule has 0 aliphatic rings. The second-order valence-electron chi connectivity index (χ2n) is 5.95. The van der Waals surface area contributed by atoms with Crippen molar-refractivity contribution in [2.24, 2.45) is 0 Å². The molecule has 25 heavy (non-hydrogen) atoms. The fourth-order valence-electron chi connectivity index (χ4n) is 2.77. The van der Waals surface area contributed by atoms with E-state index >= 15 is 0 Å². The van der Waals surface area contributed by atoms with E-state index in [1.807, 2.05) is 24.3 Å². The molecule has 0 aliphatic heterocycles. The molecule has 0 saturated heterocycles. The van der Waals surface area contributed by atoms with Crippen LogP contribution in [-0.2, 0) is 0 Å². The second-order valence-corrected chi connectivity index (χ2v) is 5.95. The molecule has 2 aromatic rings. The van der Waals surface area contributed by atoms with E-state index in [-0.39, 0.29) is 5.91 Å².